The molecule has 0 saturated carbocycles. The molecule has 0 aromatic heterocycles. The van der Waals surface area contributed by atoms with Crippen molar-refractivity contribution in [3.63, 3.8) is 0 Å². The van der Waals surface area contributed by atoms with Gasteiger partial charge in [-0.25, -0.2) is 8.78 Å². The van der Waals surface area contributed by atoms with E-state index in [1.807, 2.05) is 30.3 Å². The van der Waals surface area contributed by atoms with E-state index in [0.717, 1.165) is 22.3 Å². The van der Waals surface area contributed by atoms with Crippen molar-refractivity contribution in [2.24, 2.45) is 5.92 Å². The summed E-state index contributed by atoms with van der Waals surface area (Å²) < 4.78 is 32.0. The molecular weight excluding hydrogens is 583 g/mol. The van der Waals surface area contributed by atoms with Crippen LogP contribution in [0.2, 0.25) is 10.0 Å². The van der Waals surface area contributed by atoms with Crippen LogP contribution in [0.5, 0.6) is 0 Å². The Labute approximate surface area is 252 Å². The third kappa shape index (κ3) is 5.68. The number of carbonyl (C=O) groups excluding carboxylic acids is 3. The van der Waals surface area contributed by atoms with Crippen LogP contribution in [0.15, 0.2) is 66.7 Å². The Morgan fingerprint density at radius 3 is 2.14 bits per heavy atom. The van der Waals surface area contributed by atoms with Crippen LogP contribution in [0.25, 0.3) is 0 Å². The number of fused-ring (bicyclic) bond motifs is 1. The molecule has 3 aromatic rings. The highest BCUT2D eigenvalue weighted by Crippen LogP contribution is 2.46. The molecule has 218 valence electrons. The standard InChI is InChI=1S/C32H29Cl2F2N3O3/c33-23-6-2-20(3-7-23)29(21-4-8-24(34)9-5-21)26-13-14-38(18-32(26,35)36)16-19-1-10-25-22(15-19)17-39(31(25)42)27-11-12-28(40)37-30(27)41/h1-10,15,26-27,29H,11-14,16-18H2,(H,37,40,41)/t26-,27?/m1/s1. The zero-order valence-corrected chi connectivity index (χ0v) is 24.2. The van der Waals surface area contributed by atoms with Gasteiger partial charge in [-0.05, 0) is 72.0 Å². The molecule has 3 aromatic carbocycles. The fraction of sp³-hybridized carbons (Fsp3) is 0.344. The first-order valence-electron chi connectivity index (χ1n) is 14.0. The van der Waals surface area contributed by atoms with Gasteiger partial charge in [-0.15, -0.1) is 0 Å². The summed E-state index contributed by atoms with van der Waals surface area (Å²) >= 11 is 12.2. The summed E-state index contributed by atoms with van der Waals surface area (Å²) in [6, 6.07) is 18.8. The van der Waals surface area contributed by atoms with E-state index in [-0.39, 0.29) is 37.6 Å². The fourth-order valence-electron chi connectivity index (χ4n) is 6.55. The molecule has 0 bridgehead atoms. The maximum Gasteiger partial charge on any atom is 0.264 e. The third-order valence-electron chi connectivity index (χ3n) is 8.59. The number of benzene rings is 3. The molecule has 0 radical (unpaired) electrons. The molecule has 0 aliphatic carbocycles. The second-order valence-corrected chi connectivity index (χ2v) is 12.2. The molecule has 6 nitrogen and oxygen atoms in total. The van der Waals surface area contributed by atoms with Crippen LogP contribution in [0.1, 0.15) is 57.8 Å². The van der Waals surface area contributed by atoms with E-state index in [0.29, 0.717) is 28.7 Å². The van der Waals surface area contributed by atoms with Crippen molar-refractivity contribution >= 4 is 40.9 Å². The molecule has 2 saturated heterocycles. The van der Waals surface area contributed by atoms with Gasteiger partial charge < -0.3 is 4.90 Å². The average molecular weight is 613 g/mol. The van der Waals surface area contributed by atoms with Crippen molar-refractivity contribution in [3.05, 3.63) is 105 Å². The van der Waals surface area contributed by atoms with Crippen molar-refractivity contribution in [1.29, 1.82) is 0 Å². The molecular formula is C32H29Cl2F2N3O3. The number of nitrogens with one attached hydrogen (secondary N) is 1. The first kappa shape index (κ1) is 28.8. The third-order valence-corrected chi connectivity index (χ3v) is 9.09. The first-order chi connectivity index (χ1) is 20.1. The lowest BCUT2D eigenvalue weighted by Crippen LogP contribution is -2.52. The van der Waals surface area contributed by atoms with Gasteiger partial charge in [-0.2, -0.15) is 0 Å². The van der Waals surface area contributed by atoms with E-state index < -0.39 is 36.3 Å². The number of nitrogens with zero attached hydrogens (tertiary/aromatic N) is 2. The second kappa shape index (κ2) is 11.4. The van der Waals surface area contributed by atoms with Gasteiger partial charge in [-0.3, -0.25) is 24.6 Å². The van der Waals surface area contributed by atoms with E-state index >= 15 is 8.78 Å². The topological polar surface area (TPSA) is 69.7 Å². The molecule has 2 atom stereocenters. The van der Waals surface area contributed by atoms with Gasteiger partial charge in [0.05, 0.1) is 6.54 Å². The minimum absolute atomic E-state index is 0.183. The number of alkyl halides is 2. The molecule has 3 aliphatic rings. The lowest BCUT2D eigenvalue weighted by atomic mass is 9.74. The molecule has 10 heteroatoms. The van der Waals surface area contributed by atoms with E-state index in [9.17, 15) is 14.4 Å². The first-order valence-corrected chi connectivity index (χ1v) is 14.7. The average Bonchev–Trinajstić information content (AvgIpc) is 3.26. The largest absolute Gasteiger partial charge is 0.322 e. The van der Waals surface area contributed by atoms with Crippen molar-refractivity contribution in [2.75, 3.05) is 13.1 Å². The Bertz CT molecular complexity index is 1490. The number of halogens is 4. The van der Waals surface area contributed by atoms with Crippen LogP contribution in [0.3, 0.4) is 0 Å². The van der Waals surface area contributed by atoms with Crippen LogP contribution in [0.4, 0.5) is 8.78 Å². The van der Waals surface area contributed by atoms with Crippen LogP contribution < -0.4 is 5.32 Å². The van der Waals surface area contributed by atoms with Crippen molar-refractivity contribution in [1.82, 2.24) is 15.1 Å². The zero-order chi connectivity index (χ0) is 29.6. The summed E-state index contributed by atoms with van der Waals surface area (Å²) in [6.07, 6.45) is 0.757. The van der Waals surface area contributed by atoms with Crippen LogP contribution in [-0.2, 0) is 22.7 Å². The number of carbonyl (C=O) groups is 3. The molecule has 3 amide bonds. The van der Waals surface area contributed by atoms with E-state index in [4.69, 9.17) is 23.2 Å². The molecule has 6 rings (SSSR count). The summed E-state index contributed by atoms with van der Waals surface area (Å²) in [7, 11) is 0. The maximum absolute atomic E-state index is 16.0. The summed E-state index contributed by atoms with van der Waals surface area (Å²) in [5.41, 5.74) is 3.65. The predicted octanol–water partition coefficient (Wildman–Crippen LogP) is 6.04. The molecule has 0 spiro atoms. The monoisotopic (exact) mass is 611 g/mol. The van der Waals surface area contributed by atoms with E-state index in [1.165, 1.54) is 4.90 Å². The Balaban J connectivity index is 1.18. The van der Waals surface area contributed by atoms with Gasteiger partial charge in [-0.1, -0.05) is 59.6 Å². The number of imide groups is 1. The van der Waals surface area contributed by atoms with Gasteiger partial charge in [0.1, 0.15) is 6.04 Å². The summed E-state index contributed by atoms with van der Waals surface area (Å²) in [5, 5.41) is 3.40. The molecule has 42 heavy (non-hydrogen) atoms. The lowest BCUT2D eigenvalue weighted by Gasteiger charge is -2.42. The predicted molar refractivity (Wildman–Crippen MR) is 156 cm³/mol. The Morgan fingerprint density at radius 2 is 1.55 bits per heavy atom. The minimum atomic E-state index is -2.97. The van der Waals surface area contributed by atoms with Gasteiger partial charge >= 0.3 is 0 Å². The summed E-state index contributed by atoms with van der Waals surface area (Å²) in [5.74, 6) is -5.48. The molecule has 3 heterocycles. The zero-order valence-electron chi connectivity index (χ0n) is 22.7. The fourth-order valence-corrected chi connectivity index (χ4v) is 6.81. The highest BCUT2D eigenvalue weighted by atomic mass is 35.5. The number of piperidine rings is 2. The number of rotatable bonds is 6. The number of likely N-dealkylation sites (tertiary alicyclic amines) is 1. The van der Waals surface area contributed by atoms with Crippen LogP contribution in [-0.4, -0.2) is 52.6 Å². The molecule has 2 fully saturated rings. The highest BCUT2D eigenvalue weighted by molar-refractivity contribution is 6.30. The Hall–Kier alpha value is -3.33. The smallest absolute Gasteiger partial charge is 0.264 e. The van der Waals surface area contributed by atoms with Gasteiger partial charge in [0.25, 0.3) is 11.8 Å². The van der Waals surface area contributed by atoms with Crippen molar-refractivity contribution in [3.8, 4) is 0 Å². The van der Waals surface area contributed by atoms with Crippen molar-refractivity contribution < 1.29 is 23.2 Å². The molecule has 3 aliphatic heterocycles. The Kier molecular flexibility index (Phi) is 7.81. The number of hydrogen-bond donors (Lipinski definition) is 1. The van der Waals surface area contributed by atoms with Crippen molar-refractivity contribution in [2.45, 2.75) is 50.2 Å². The van der Waals surface area contributed by atoms with Crippen LogP contribution >= 0.6 is 23.2 Å². The second-order valence-electron chi connectivity index (χ2n) is 11.3. The van der Waals surface area contributed by atoms with Gasteiger partial charge in [0.15, 0.2) is 0 Å². The Morgan fingerprint density at radius 1 is 0.905 bits per heavy atom. The highest BCUT2D eigenvalue weighted by Gasteiger charge is 2.49. The molecule has 1 N–H and O–H groups in total. The lowest BCUT2D eigenvalue weighted by molar-refractivity contribution is -0.136. The SMILES string of the molecule is O=C1CCC(N2Cc3cc(CN4CC[C@H](C(c5ccc(Cl)cc5)c5ccc(Cl)cc5)C(F)(F)C4)ccc3C2=O)C(=O)N1. The van der Waals surface area contributed by atoms with Gasteiger partial charge in [0.2, 0.25) is 11.8 Å². The number of amides is 3. The quantitative estimate of drug-likeness (QED) is 0.345. The van der Waals surface area contributed by atoms with E-state index in [1.54, 1.807) is 41.3 Å². The van der Waals surface area contributed by atoms with Gasteiger partial charge in [0, 0.05) is 47.0 Å². The van der Waals surface area contributed by atoms with Crippen LogP contribution in [0, 0.1) is 5.92 Å². The maximum atomic E-state index is 16.0. The number of hydrogen-bond acceptors (Lipinski definition) is 4. The van der Waals surface area contributed by atoms with E-state index in [2.05, 4.69) is 5.32 Å². The summed E-state index contributed by atoms with van der Waals surface area (Å²) in [4.78, 5) is 40.2. The normalized spacial score (nSPS) is 22.4. The molecule has 1 unspecified atom stereocenters. The minimum Gasteiger partial charge on any atom is -0.322 e. The summed E-state index contributed by atoms with van der Waals surface area (Å²) in [6.45, 7) is 0.648.